The molecule has 6 rings (SSSR count). The van der Waals surface area contributed by atoms with Crippen LogP contribution in [0.4, 0.5) is 0 Å². The number of hydrogen-bond donors (Lipinski definition) is 1. The first-order chi connectivity index (χ1) is 22.4. The third kappa shape index (κ3) is 5.69. The number of benzene rings is 3. The standard InChI is InChI=1S/C38H41N3O4S/c1-3-22-39(24-27-14-8-5-9-15-27)35(43)32-31-20-21-38(46-31)33(32)36(44)41(30(26-42)29-18-12-7-13-19-29)34(38)37(45)40(23-4-2)25-28-16-10-6-11-17-28/h3-19,30-34,42H,1-2,20-26H2/t30-,31+,32-,33+,34?,38?/m1/s1. The van der Waals surface area contributed by atoms with Crippen LogP contribution in [0.25, 0.3) is 0 Å². The fourth-order valence-electron chi connectivity index (χ4n) is 7.79. The molecule has 8 heteroatoms. The molecule has 3 aromatic rings. The van der Waals surface area contributed by atoms with Gasteiger partial charge in [0.2, 0.25) is 17.7 Å². The van der Waals surface area contributed by atoms with Gasteiger partial charge in [-0.2, -0.15) is 0 Å². The first-order valence-corrected chi connectivity index (χ1v) is 16.8. The number of fused-ring (bicyclic) bond motifs is 1. The van der Waals surface area contributed by atoms with Gasteiger partial charge < -0.3 is 19.8 Å². The molecule has 3 aliphatic heterocycles. The van der Waals surface area contributed by atoms with Crippen LogP contribution in [0, 0.1) is 11.8 Å². The number of carbonyl (C=O) groups excluding carboxylic acids is 3. The number of amides is 3. The molecule has 3 fully saturated rings. The fourth-order valence-corrected chi connectivity index (χ4v) is 9.98. The Bertz CT molecular complexity index is 1570. The van der Waals surface area contributed by atoms with Gasteiger partial charge in [0.25, 0.3) is 0 Å². The summed E-state index contributed by atoms with van der Waals surface area (Å²) in [6.07, 6.45) is 4.82. The van der Waals surface area contributed by atoms with E-state index in [0.29, 0.717) is 32.6 Å². The number of thioether (sulfide) groups is 1. The first kappa shape index (κ1) is 31.8. The molecule has 3 aromatic carbocycles. The molecule has 3 heterocycles. The number of rotatable bonds is 13. The molecule has 2 unspecified atom stereocenters. The number of hydrogen-bond acceptors (Lipinski definition) is 5. The Morgan fingerprint density at radius 2 is 1.39 bits per heavy atom. The lowest BCUT2D eigenvalue weighted by molar-refractivity contribution is -0.147. The van der Waals surface area contributed by atoms with Crippen molar-refractivity contribution in [3.63, 3.8) is 0 Å². The summed E-state index contributed by atoms with van der Waals surface area (Å²) in [6.45, 7) is 8.92. The maximum absolute atomic E-state index is 14.9. The summed E-state index contributed by atoms with van der Waals surface area (Å²) >= 11 is 1.65. The summed E-state index contributed by atoms with van der Waals surface area (Å²) < 4.78 is -0.788. The van der Waals surface area contributed by atoms with E-state index in [9.17, 15) is 19.5 Å². The second-order valence-electron chi connectivity index (χ2n) is 12.4. The van der Waals surface area contributed by atoms with Gasteiger partial charge in [-0.25, -0.2) is 0 Å². The van der Waals surface area contributed by atoms with Crippen molar-refractivity contribution in [2.75, 3.05) is 19.7 Å². The van der Waals surface area contributed by atoms with Crippen molar-refractivity contribution in [3.05, 3.63) is 133 Å². The van der Waals surface area contributed by atoms with Crippen molar-refractivity contribution in [3.8, 4) is 0 Å². The second kappa shape index (κ2) is 13.7. The van der Waals surface area contributed by atoms with E-state index < -0.39 is 28.7 Å². The van der Waals surface area contributed by atoms with Crippen molar-refractivity contribution in [2.24, 2.45) is 11.8 Å². The van der Waals surface area contributed by atoms with Crippen LogP contribution >= 0.6 is 11.8 Å². The molecule has 238 valence electrons. The van der Waals surface area contributed by atoms with Crippen LogP contribution in [0.15, 0.2) is 116 Å². The number of carbonyl (C=O) groups is 3. The topological polar surface area (TPSA) is 81.2 Å². The summed E-state index contributed by atoms with van der Waals surface area (Å²) in [6, 6.07) is 27.4. The van der Waals surface area contributed by atoms with Gasteiger partial charge in [-0.3, -0.25) is 14.4 Å². The van der Waals surface area contributed by atoms with E-state index in [2.05, 4.69) is 13.2 Å². The lowest BCUT2D eigenvalue weighted by Crippen LogP contribution is -2.55. The smallest absolute Gasteiger partial charge is 0.247 e. The molecular formula is C38H41N3O4S. The molecule has 1 N–H and O–H groups in total. The minimum absolute atomic E-state index is 0.0757. The Kier molecular flexibility index (Phi) is 9.47. The molecule has 3 amide bonds. The predicted octanol–water partition coefficient (Wildman–Crippen LogP) is 5.24. The van der Waals surface area contributed by atoms with Crippen LogP contribution < -0.4 is 0 Å². The molecule has 46 heavy (non-hydrogen) atoms. The lowest BCUT2D eigenvalue weighted by Gasteiger charge is -2.40. The van der Waals surface area contributed by atoms with Gasteiger partial charge in [0.1, 0.15) is 6.04 Å². The summed E-state index contributed by atoms with van der Waals surface area (Å²) in [7, 11) is 0. The quantitative estimate of drug-likeness (QED) is 0.260. The zero-order chi connectivity index (χ0) is 32.3. The number of nitrogens with zero attached hydrogens (tertiary/aromatic N) is 3. The van der Waals surface area contributed by atoms with Crippen LogP contribution in [-0.4, -0.2) is 73.3 Å². The van der Waals surface area contributed by atoms with Crippen molar-refractivity contribution in [1.29, 1.82) is 0 Å². The number of aliphatic hydroxyl groups is 1. The van der Waals surface area contributed by atoms with Gasteiger partial charge >= 0.3 is 0 Å². The Labute approximate surface area is 275 Å². The van der Waals surface area contributed by atoms with Crippen LogP contribution in [-0.2, 0) is 27.5 Å². The van der Waals surface area contributed by atoms with Gasteiger partial charge in [0, 0.05) is 31.4 Å². The van der Waals surface area contributed by atoms with Gasteiger partial charge in [-0.1, -0.05) is 103 Å². The van der Waals surface area contributed by atoms with E-state index in [-0.39, 0.29) is 29.6 Å². The molecule has 6 atom stereocenters. The van der Waals surface area contributed by atoms with E-state index in [0.717, 1.165) is 23.1 Å². The maximum Gasteiger partial charge on any atom is 0.247 e. The molecule has 3 aliphatic rings. The maximum atomic E-state index is 14.9. The van der Waals surface area contributed by atoms with Crippen LogP contribution in [0.2, 0.25) is 0 Å². The highest BCUT2D eigenvalue weighted by Crippen LogP contribution is 2.67. The molecule has 7 nitrogen and oxygen atoms in total. The number of aliphatic hydroxyl groups excluding tert-OH is 1. The Morgan fingerprint density at radius 1 is 0.870 bits per heavy atom. The van der Waals surface area contributed by atoms with Crippen molar-refractivity contribution >= 4 is 29.5 Å². The summed E-state index contributed by atoms with van der Waals surface area (Å²) in [4.78, 5) is 49.5. The van der Waals surface area contributed by atoms with E-state index >= 15 is 0 Å². The Morgan fingerprint density at radius 3 is 1.91 bits per heavy atom. The SMILES string of the molecule is C=CCN(Cc1ccccc1)C(=O)C1N([C@H](CO)c2ccccc2)C(=O)[C@@H]2[C@H](C(=O)N(CC=C)Cc3ccccc3)[C@@H]3CCC12S3. The molecule has 2 bridgehead atoms. The van der Waals surface area contributed by atoms with Crippen molar-refractivity contribution in [1.82, 2.24) is 14.7 Å². The minimum Gasteiger partial charge on any atom is -0.394 e. The largest absolute Gasteiger partial charge is 0.394 e. The zero-order valence-corrected chi connectivity index (χ0v) is 26.8. The third-order valence-corrected chi connectivity index (χ3v) is 11.7. The summed E-state index contributed by atoms with van der Waals surface area (Å²) in [5.74, 6) is -1.75. The highest BCUT2D eigenvalue weighted by atomic mass is 32.2. The van der Waals surface area contributed by atoms with E-state index in [1.54, 1.807) is 38.6 Å². The van der Waals surface area contributed by atoms with E-state index in [4.69, 9.17) is 0 Å². The number of likely N-dealkylation sites (tertiary alicyclic amines) is 1. The van der Waals surface area contributed by atoms with Gasteiger partial charge in [-0.05, 0) is 29.5 Å². The molecule has 0 aromatic heterocycles. The monoisotopic (exact) mass is 635 g/mol. The average molecular weight is 636 g/mol. The first-order valence-electron chi connectivity index (χ1n) is 16.0. The van der Waals surface area contributed by atoms with E-state index in [1.807, 2.05) is 91.0 Å². The van der Waals surface area contributed by atoms with Gasteiger partial charge in [-0.15, -0.1) is 24.9 Å². The molecule has 1 spiro atoms. The van der Waals surface area contributed by atoms with Crippen LogP contribution in [0.3, 0.4) is 0 Å². The minimum atomic E-state index is -0.846. The molecule has 0 saturated carbocycles. The zero-order valence-electron chi connectivity index (χ0n) is 26.0. The molecule has 0 aliphatic carbocycles. The van der Waals surface area contributed by atoms with Gasteiger partial charge in [0.05, 0.1) is 29.2 Å². The van der Waals surface area contributed by atoms with Crippen LogP contribution in [0.5, 0.6) is 0 Å². The van der Waals surface area contributed by atoms with Crippen molar-refractivity contribution in [2.45, 2.75) is 48.0 Å². The highest BCUT2D eigenvalue weighted by Gasteiger charge is 2.74. The lowest BCUT2D eigenvalue weighted by atomic mass is 9.70. The third-order valence-electron chi connectivity index (χ3n) is 9.71. The van der Waals surface area contributed by atoms with Gasteiger partial charge in [0.15, 0.2) is 0 Å². The Balaban J connectivity index is 1.41. The molecular weight excluding hydrogens is 595 g/mol. The summed E-state index contributed by atoms with van der Waals surface area (Å²) in [5, 5.41) is 10.8. The van der Waals surface area contributed by atoms with Crippen molar-refractivity contribution < 1.29 is 19.5 Å². The molecule has 0 radical (unpaired) electrons. The summed E-state index contributed by atoms with van der Waals surface area (Å²) in [5.41, 5.74) is 2.73. The van der Waals surface area contributed by atoms with E-state index in [1.165, 1.54) is 0 Å². The fraction of sp³-hybridized carbons (Fsp3) is 0.342. The highest BCUT2D eigenvalue weighted by molar-refractivity contribution is 8.02. The van der Waals surface area contributed by atoms with Crippen LogP contribution in [0.1, 0.15) is 35.6 Å². The normalized spacial score (nSPS) is 25.2. The predicted molar refractivity (Wildman–Crippen MR) is 181 cm³/mol. The molecule has 3 saturated heterocycles. The Hall–Kier alpha value is -4.14. The average Bonchev–Trinajstić information content (AvgIpc) is 3.73. The second-order valence-corrected chi connectivity index (χ2v) is 14.0.